The molecule has 0 saturated carbocycles. The fraction of sp³-hybridized carbons (Fsp3) is 0.400. The lowest BCUT2D eigenvalue weighted by molar-refractivity contribution is -0.133. The van der Waals surface area contributed by atoms with Crippen molar-refractivity contribution in [3.05, 3.63) is 51.2 Å². The number of amides is 2. The van der Waals surface area contributed by atoms with Crippen molar-refractivity contribution in [2.45, 2.75) is 26.8 Å². The summed E-state index contributed by atoms with van der Waals surface area (Å²) in [6.07, 6.45) is 0.926. The second kappa shape index (κ2) is 8.01. The van der Waals surface area contributed by atoms with Crippen LogP contribution in [0.5, 0.6) is 0 Å². The van der Waals surface area contributed by atoms with E-state index in [-0.39, 0.29) is 24.9 Å². The second-order valence-electron chi connectivity index (χ2n) is 6.92. The molecule has 3 rings (SSSR count). The van der Waals surface area contributed by atoms with Crippen LogP contribution in [0.4, 0.5) is 5.69 Å². The normalized spacial score (nSPS) is 13.6. The van der Waals surface area contributed by atoms with Crippen LogP contribution in [0, 0.1) is 13.8 Å². The van der Waals surface area contributed by atoms with Gasteiger partial charge in [-0.05, 0) is 55.5 Å². The fourth-order valence-corrected chi connectivity index (χ4v) is 4.17. The number of anilines is 1. The molecular weight excluding hydrogens is 346 g/mol. The SMILES string of the molecule is Cc1cccc(C)c1NC(=O)CN(C)CC(=O)N1CCc2sccc2C1. The number of carbonyl (C=O) groups excluding carboxylic acids is 2. The molecule has 2 heterocycles. The van der Waals surface area contributed by atoms with Crippen molar-refractivity contribution in [1.29, 1.82) is 0 Å². The number of carbonyl (C=O) groups is 2. The Morgan fingerprint density at radius 2 is 1.92 bits per heavy atom. The van der Waals surface area contributed by atoms with Gasteiger partial charge >= 0.3 is 0 Å². The lowest BCUT2D eigenvalue weighted by Crippen LogP contribution is -2.43. The number of hydrogen-bond donors (Lipinski definition) is 1. The van der Waals surface area contributed by atoms with E-state index in [4.69, 9.17) is 0 Å². The van der Waals surface area contributed by atoms with Gasteiger partial charge in [-0.15, -0.1) is 11.3 Å². The summed E-state index contributed by atoms with van der Waals surface area (Å²) < 4.78 is 0. The number of nitrogens with one attached hydrogen (secondary N) is 1. The van der Waals surface area contributed by atoms with Gasteiger partial charge in [-0.2, -0.15) is 0 Å². The number of nitrogens with zero attached hydrogens (tertiary/aromatic N) is 2. The number of likely N-dealkylation sites (N-methyl/N-ethyl adjacent to an activating group) is 1. The number of para-hydroxylation sites is 1. The van der Waals surface area contributed by atoms with E-state index in [1.165, 1.54) is 10.4 Å². The van der Waals surface area contributed by atoms with E-state index in [9.17, 15) is 9.59 Å². The predicted molar refractivity (Wildman–Crippen MR) is 105 cm³/mol. The molecule has 0 bridgehead atoms. The molecule has 1 aromatic heterocycles. The minimum Gasteiger partial charge on any atom is -0.337 e. The Kier molecular flexibility index (Phi) is 5.74. The van der Waals surface area contributed by atoms with Gasteiger partial charge in [0.1, 0.15) is 0 Å². The summed E-state index contributed by atoms with van der Waals surface area (Å²) in [5, 5.41) is 5.05. The molecule has 0 radical (unpaired) electrons. The maximum Gasteiger partial charge on any atom is 0.238 e. The third-order valence-electron chi connectivity index (χ3n) is 4.72. The highest BCUT2D eigenvalue weighted by Gasteiger charge is 2.22. The Labute approximate surface area is 158 Å². The number of hydrogen-bond acceptors (Lipinski definition) is 4. The zero-order valence-electron chi connectivity index (χ0n) is 15.5. The molecule has 1 aromatic carbocycles. The number of aryl methyl sites for hydroxylation is 2. The standard InChI is InChI=1S/C20H25N3O2S/c1-14-5-4-6-15(2)20(14)21-18(24)12-22(3)13-19(25)23-9-7-17-16(11-23)8-10-26-17/h4-6,8,10H,7,9,11-13H2,1-3H3,(H,21,24). The molecule has 0 fully saturated rings. The van der Waals surface area contributed by atoms with Crippen LogP contribution in [-0.4, -0.2) is 48.3 Å². The van der Waals surface area contributed by atoms with E-state index in [1.54, 1.807) is 16.2 Å². The topological polar surface area (TPSA) is 52.7 Å². The molecule has 138 valence electrons. The van der Waals surface area contributed by atoms with E-state index >= 15 is 0 Å². The molecule has 2 amide bonds. The molecule has 0 aliphatic carbocycles. The first-order chi connectivity index (χ1) is 12.4. The van der Waals surface area contributed by atoms with Gasteiger partial charge in [0, 0.05) is 23.7 Å². The second-order valence-corrected chi connectivity index (χ2v) is 7.92. The first-order valence-corrected chi connectivity index (χ1v) is 9.69. The van der Waals surface area contributed by atoms with Gasteiger partial charge in [0.15, 0.2) is 0 Å². The summed E-state index contributed by atoms with van der Waals surface area (Å²) in [5.74, 6) is -0.0271. The lowest BCUT2D eigenvalue weighted by Gasteiger charge is -2.28. The fourth-order valence-electron chi connectivity index (χ4n) is 3.28. The highest BCUT2D eigenvalue weighted by Crippen LogP contribution is 2.24. The maximum absolute atomic E-state index is 12.5. The number of rotatable bonds is 5. The van der Waals surface area contributed by atoms with Gasteiger partial charge in [0.05, 0.1) is 13.1 Å². The zero-order chi connectivity index (χ0) is 18.7. The Hall–Kier alpha value is -2.18. The van der Waals surface area contributed by atoms with Crippen molar-refractivity contribution in [1.82, 2.24) is 9.80 Å². The van der Waals surface area contributed by atoms with Crippen LogP contribution >= 0.6 is 11.3 Å². The lowest BCUT2D eigenvalue weighted by atomic mass is 10.1. The van der Waals surface area contributed by atoms with Crippen LogP contribution in [0.1, 0.15) is 21.6 Å². The molecule has 26 heavy (non-hydrogen) atoms. The minimum atomic E-state index is -0.100. The Balaban J connectivity index is 1.51. The van der Waals surface area contributed by atoms with Gasteiger partial charge in [-0.3, -0.25) is 14.5 Å². The van der Waals surface area contributed by atoms with Gasteiger partial charge in [-0.25, -0.2) is 0 Å². The average molecular weight is 372 g/mol. The third-order valence-corrected chi connectivity index (χ3v) is 5.75. The summed E-state index contributed by atoms with van der Waals surface area (Å²) in [6.45, 7) is 5.83. The van der Waals surface area contributed by atoms with Gasteiger partial charge < -0.3 is 10.2 Å². The molecule has 1 aliphatic rings. The minimum absolute atomic E-state index is 0.0734. The molecule has 0 unspecified atom stereocenters. The Bertz CT molecular complexity index is 795. The van der Waals surface area contributed by atoms with Gasteiger partial charge in [0.25, 0.3) is 0 Å². The van der Waals surface area contributed by atoms with Crippen LogP contribution in [0.3, 0.4) is 0 Å². The molecule has 5 nitrogen and oxygen atoms in total. The first kappa shape index (κ1) is 18.6. The molecule has 1 aliphatic heterocycles. The summed E-state index contributed by atoms with van der Waals surface area (Å²) in [6, 6.07) is 8.03. The molecule has 0 saturated heterocycles. The van der Waals surface area contributed by atoms with E-state index < -0.39 is 0 Å². The molecule has 0 spiro atoms. The largest absolute Gasteiger partial charge is 0.337 e. The van der Waals surface area contributed by atoms with Gasteiger partial charge in [-0.1, -0.05) is 18.2 Å². The van der Waals surface area contributed by atoms with Crippen molar-refractivity contribution in [2.24, 2.45) is 0 Å². The Morgan fingerprint density at radius 3 is 2.65 bits per heavy atom. The highest BCUT2D eigenvalue weighted by molar-refractivity contribution is 7.10. The van der Waals surface area contributed by atoms with Crippen LogP contribution < -0.4 is 5.32 Å². The van der Waals surface area contributed by atoms with Crippen LogP contribution in [0.15, 0.2) is 29.6 Å². The van der Waals surface area contributed by atoms with E-state index in [0.29, 0.717) is 6.54 Å². The van der Waals surface area contributed by atoms with Crippen molar-refractivity contribution >= 4 is 28.8 Å². The van der Waals surface area contributed by atoms with E-state index in [1.807, 2.05) is 44.0 Å². The molecule has 0 atom stereocenters. The predicted octanol–water partition coefficient (Wildman–Crippen LogP) is 2.82. The molecule has 2 aromatic rings. The highest BCUT2D eigenvalue weighted by atomic mass is 32.1. The molecular formula is C20H25N3O2S. The smallest absolute Gasteiger partial charge is 0.238 e. The molecule has 6 heteroatoms. The number of benzene rings is 1. The Morgan fingerprint density at radius 1 is 1.19 bits per heavy atom. The van der Waals surface area contributed by atoms with Crippen LogP contribution in [0.25, 0.3) is 0 Å². The number of thiophene rings is 1. The monoisotopic (exact) mass is 371 g/mol. The zero-order valence-corrected chi connectivity index (χ0v) is 16.4. The summed E-state index contributed by atoms with van der Waals surface area (Å²) in [7, 11) is 1.81. The maximum atomic E-state index is 12.5. The quantitative estimate of drug-likeness (QED) is 0.879. The van der Waals surface area contributed by atoms with Gasteiger partial charge in [0.2, 0.25) is 11.8 Å². The number of fused-ring (bicyclic) bond motifs is 1. The van der Waals surface area contributed by atoms with Crippen LogP contribution in [0.2, 0.25) is 0 Å². The summed E-state index contributed by atoms with van der Waals surface area (Å²) >= 11 is 1.76. The average Bonchev–Trinajstić information content (AvgIpc) is 3.05. The molecule has 1 N–H and O–H groups in total. The summed E-state index contributed by atoms with van der Waals surface area (Å²) in [4.78, 5) is 29.9. The first-order valence-electron chi connectivity index (χ1n) is 8.81. The van der Waals surface area contributed by atoms with E-state index in [0.717, 1.165) is 29.8 Å². The van der Waals surface area contributed by atoms with E-state index in [2.05, 4.69) is 16.8 Å². The summed E-state index contributed by atoms with van der Waals surface area (Å²) in [5.41, 5.74) is 4.19. The van der Waals surface area contributed by atoms with Crippen molar-refractivity contribution in [2.75, 3.05) is 32.0 Å². The third kappa shape index (κ3) is 4.31. The van der Waals surface area contributed by atoms with Crippen molar-refractivity contribution in [3.63, 3.8) is 0 Å². The van der Waals surface area contributed by atoms with Crippen molar-refractivity contribution in [3.8, 4) is 0 Å². The van der Waals surface area contributed by atoms with Crippen molar-refractivity contribution < 1.29 is 9.59 Å². The van der Waals surface area contributed by atoms with Crippen LogP contribution in [-0.2, 0) is 22.6 Å².